The second-order valence-electron chi connectivity index (χ2n) is 5.05. The number of ether oxygens (including phenoxy) is 1. The van der Waals surface area contributed by atoms with Crippen molar-refractivity contribution in [1.29, 1.82) is 0 Å². The number of nitrogens with zero attached hydrogens (tertiary/aromatic N) is 2. The van der Waals surface area contributed by atoms with Gasteiger partial charge in [-0.15, -0.1) is 0 Å². The molecule has 1 rings (SSSR count). The zero-order valence-electron chi connectivity index (χ0n) is 11.6. The van der Waals surface area contributed by atoms with Crippen molar-refractivity contribution in [3.8, 4) is 0 Å². The van der Waals surface area contributed by atoms with E-state index in [0.717, 1.165) is 26.0 Å². The smallest absolute Gasteiger partial charge is 0.236 e. The van der Waals surface area contributed by atoms with Crippen LogP contribution in [-0.2, 0) is 9.53 Å². The highest BCUT2D eigenvalue weighted by Crippen LogP contribution is 2.10. The first-order valence-electron chi connectivity index (χ1n) is 6.77. The Morgan fingerprint density at radius 1 is 1.39 bits per heavy atom. The number of carbonyl (C=O) groups excluding carboxylic acids is 1. The zero-order chi connectivity index (χ0) is 13.4. The van der Waals surface area contributed by atoms with Crippen molar-refractivity contribution < 1.29 is 14.6 Å². The van der Waals surface area contributed by atoms with Crippen molar-refractivity contribution in [1.82, 2.24) is 9.80 Å². The van der Waals surface area contributed by atoms with Gasteiger partial charge in [0.05, 0.1) is 12.6 Å². The molecule has 5 nitrogen and oxygen atoms in total. The van der Waals surface area contributed by atoms with E-state index in [1.807, 2.05) is 11.9 Å². The number of likely N-dealkylation sites (tertiary alicyclic amines) is 1. The van der Waals surface area contributed by atoms with Gasteiger partial charge < -0.3 is 14.7 Å². The highest BCUT2D eigenvalue weighted by Gasteiger charge is 2.21. The van der Waals surface area contributed by atoms with Crippen molar-refractivity contribution in [2.45, 2.75) is 31.8 Å². The minimum atomic E-state index is -0.221. The molecule has 106 valence electrons. The molecule has 1 fully saturated rings. The lowest BCUT2D eigenvalue weighted by molar-refractivity contribution is -0.134. The third-order valence-corrected chi connectivity index (χ3v) is 3.36. The summed E-state index contributed by atoms with van der Waals surface area (Å²) in [4.78, 5) is 15.9. The van der Waals surface area contributed by atoms with E-state index in [-0.39, 0.29) is 12.0 Å². The molecule has 0 aromatic heterocycles. The summed E-state index contributed by atoms with van der Waals surface area (Å²) in [6.07, 6.45) is 3.29. The standard InChI is InChI=1S/C13H26N2O3/c1-14(7-3-4-10-18-2)11-13(17)15-8-5-12(16)6-9-15/h12,16H,3-11H2,1-2H3. The van der Waals surface area contributed by atoms with E-state index in [2.05, 4.69) is 4.90 Å². The van der Waals surface area contributed by atoms with Crippen molar-refractivity contribution in [2.75, 3.05) is 46.9 Å². The minimum Gasteiger partial charge on any atom is -0.393 e. The van der Waals surface area contributed by atoms with Gasteiger partial charge in [0.1, 0.15) is 0 Å². The van der Waals surface area contributed by atoms with Crippen LogP contribution in [0, 0.1) is 0 Å². The molecule has 1 amide bonds. The molecule has 1 heterocycles. The molecule has 0 aliphatic carbocycles. The molecular formula is C13H26N2O3. The van der Waals surface area contributed by atoms with Crippen molar-refractivity contribution in [3.63, 3.8) is 0 Å². The predicted molar refractivity (Wildman–Crippen MR) is 70.4 cm³/mol. The molecule has 0 radical (unpaired) electrons. The van der Waals surface area contributed by atoms with Gasteiger partial charge in [0.25, 0.3) is 0 Å². The number of aliphatic hydroxyl groups excluding tert-OH is 1. The van der Waals surface area contributed by atoms with E-state index in [9.17, 15) is 9.90 Å². The summed E-state index contributed by atoms with van der Waals surface area (Å²) in [6.45, 7) is 3.56. The lowest BCUT2D eigenvalue weighted by Gasteiger charge is -2.31. The number of amides is 1. The molecule has 0 aromatic carbocycles. The van der Waals surface area contributed by atoms with Crippen LogP contribution < -0.4 is 0 Å². The van der Waals surface area contributed by atoms with Crippen LogP contribution in [0.2, 0.25) is 0 Å². The van der Waals surface area contributed by atoms with Gasteiger partial charge in [0.2, 0.25) is 5.91 Å². The molecule has 1 N–H and O–H groups in total. The fourth-order valence-electron chi connectivity index (χ4n) is 2.15. The molecule has 0 bridgehead atoms. The minimum absolute atomic E-state index is 0.177. The van der Waals surface area contributed by atoms with Crippen LogP contribution in [0.15, 0.2) is 0 Å². The Bertz CT molecular complexity index is 240. The number of hydrogen-bond acceptors (Lipinski definition) is 4. The van der Waals surface area contributed by atoms with E-state index in [1.165, 1.54) is 0 Å². The predicted octanol–water partition coefficient (Wildman–Crippen LogP) is 0.328. The maximum Gasteiger partial charge on any atom is 0.236 e. The fourth-order valence-corrected chi connectivity index (χ4v) is 2.15. The highest BCUT2D eigenvalue weighted by atomic mass is 16.5. The molecule has 0 aromatic rings. The summed E-state index contributed by atoms with van der Waals surface area (Å²) < 4.78 is 4.99. The van der Waals surface area contributed by atoms with Crippen molar-refractivity contribution in [2.24, 2.45) is 0 Å². The van der Waals surface area contributed by atoms with Gasteiger partial charge in [-0.25, -0.2) is 0 Å². The number of likely N-dealkylation sites (N-methyl/N-ethyl adjacent to an activating group) is 1. The van der Waals surface area contributed by atoms with Gasteiger partial charge in [-0.3, -0.25) is 9.69 Å². The lowest BCUT2D eigenvalue weighted by Crippen LogP contribution is -2.44. The topological polar surface area (TPSA) is 53.0 Å². The first-order chi connectivity index (χ1) is 8.63. The SMILES string of the molecule is COCCCCN(C)CC(=O)N1CCC(O)CC1. The number of unbranched alkanes of at least 4 members (excludes halogenated alkanes) is 1. The Morgan fingerprint density at radius 3 is 2.67 bits per heavy atom. The Hall–Kier alpha value is -0.650. The quantitative estimate of drug-likeness (QED) is 0.669. The number of rotatable bonds is 7. The summed E-state index contributed by atoms with van der Waals surface area (Å²) in [6, 6.07) is 0. The third-order valence-electron chi connectivity index (χ3n) is 3.36. The number of aliphatic hydroxyl groups is 1. The maximum atomic E-state index is 12.0. The van der Waals surface area contributed by atoms with E-state index < -0.39 is 0 Å². The number of hydrogen-bond donors (Lipinski definition) is 1. The van der Waals surface area contributed by atoms with Crippen LogP contribution in [0.1, 0.15) is 25.7 Å². The summed E-state index contributed by atoms with van der Waals surface area (Å²) in [7, 11) is 3.68. The molecule has 0 atom stereocenters. The average molecular weight is 258 g/mol. The van der Waals surface area contributed by atoms with Crippen LogP contribution in [0.5, 0.6) is 0 Å². The van der Waals surface area contributed by atoms with E-state index in [0.29, 0.717) is 32.5 Å². The summed E-state index contributed by atoms with van der Waals surface area (Å²) in [5.41, 5.74) is 0. The first-order valence-corrected chi connectivity index (χ1v) is 6.77. The molecule has 0 unspecified atom stereocenters. The largest absolute Gasteiger partial charge is 0.393 e. The molecule has 5 heteroatoms. The van der Waals surface area contributed by atoms with Gasteiger partial charge >= 0.3 is 0 Å². The van der Waals surface area contributed by atoms with Gasteiger partial charge in [-0.1, -0.05) is 0 Å². The molecule has 1 aliphatic rings. The maximum absolute atomic E-state index is 12.0. The van der Waals surface area contributed by atoms with Crippen LogP contribution in [-0.4, -0.2) is 73.9 Å². The molecule has 18 heavy (non-hydrogen) atoms. The van der Waals surface area contributed by atoms with E-state index >= 15 is 0 Å². The number of methoxy groups -OCH3 is 1. The summed E-state index contributed by atoms with van der Waals surface area (Å²) in [5, 5.41) is 9.40. The molecular weight excluding hydrogens is 232 g/mol. The van der Waals surface area contributed by atoms with Crippen molar-refractivity contribution >= 4 is 5.91 Å². The van der Waals surface area contributed by atoms with Crippen LogP contribution in [0.3, 0.4) is 0 Å². The summed E-state index contributed by atoms with van der Waals surface area (Å²) in [5.74, 6) is 0.177. The molecule has 1 saturated heterocycles. The Morgan fingerprint density at radius 2 is 2.06 bits per heavy atom. The monoisotopic (exact) mass is 258 g/mol. The zero-order valence-corrected chi connectivity index (χ0v) is 11.6. The molecule has 1 aliphatic heterocycles. The van der Waals surface area contributed by atoms with Crippen LogP contribution in [0.4, 0.5) is 0 Å². The van der Waals surface area contributed by atoms with Gasteiger partial charge in [-0.2, -0.15) is 0 Å². The third kappa shape index (κ3) is 5.80. The molecule has 0 saturated carbocycles. The fraction of sp³-hybridized carbons (Fsp3) is 0.923. The number of carbonyl (C=O) groups is 1. The van der Waals surface area contributed by atoms with Crippen molar-refractivity contribution in [3.05, 3.63) is 0 Å². The Labute approximate surface area is 110 Å². The van der Waals surface area contributed by atoms with Gasteiger partial charge in [-0.05, 0) is 39.3 Å². The van der Waals surface area contributed by atoms with Crippen LogP contribution >= 0.6 is 0 Å². The average Bonchev–Trinajstić information content (AvgIpc) is 2.35. The second-order valence-corrected chi connectivity index (χ2v) is 5.05. The lowest BCUT2D eigenvalue weighted by atomic mass is 10.1. The summed E-state index contributed by atoms with van der Waals surface area (Å²) >= 11 is 0. The Kier molecular flexibility index (Phi) is 7.23. The van der Waals surface area contributed by atoms with E-state index in [1.54, 1.807) is 7.11 Å². The normalized spacial score (nSPS) is 17.4. The van der Waals surface area contributed by atoms with Gasteiger partial charge in [0, 0.05) is 26.8 Å². The van der Waals surface area contributed by atoms with Gasteiger partial charge in [0.15, 0.2) is 0 Å². The molecule has 0 spiro atoms. The first kappa shape index (κ1) is 15.4. The second kappa shape index (κ2) is 8.45. The van der Waals surface area contributed by atoms with Crippen LogP contribution in [0.25, 0.3) is 0 Å². The number of piperidine rings is 1. The van der Waals surface area contributed by atoms with E-state index in [4.69, 9.17) is 4.74 Å². The highest BCUT2D eigenvalue weighted by molar-refractivity contribution is 5.78. The Balaban J connectivity index is 2.14.